The van der Waals surface area contributed by atoms with Gasteiger partial charge in [0.25, 0.3) is 0 Å². The molecule has 0 radical (unpaired) electrons. The van der Waals surface area contributed by atoms with Gasteiger partial charge in [0.2, 0.25) is 0 Å². The first kappa shape index (κ1) is 15.3. The highest BCUT2D eigenvalue weighted by molar-refractivity contribution is 7.99. The van der Waals surface area contributed by atoms with Crippen LogP contribution in [0.2, 0.25) is 5.02 Å². The molecule has 0 heterocycles. The van der Waals surface area contributed by atoms with E-state index in [0.717, 1.165) is 0 Å². The molecular formula is C15H13ClF2OS. The van der Waals surface area contributed by atoms with Crippen LogP contribution in [0.5, 0.6) is 0 Å². The molecule has 2 aromatic rings. The van der Waals surface area contributed by atoms with Gasteiger partial charge in [0.1, 0.15) is 11.6 Å². The minimum Gasteiger partial charge on any atom is -0.392 e. The Morgan fingerprint density at radius 3 is 2.65 bits per heavy atom. The molecule has 0 amide bonds. The molecule has 0 bridgehead atoms. The molecule has 20 heavy (non-hydrogen) atoms. The molecule has 2 rings (SSSR count). The zero-order valence-corrected chi connectivity index (χ0v) is 12.1. The first-order chi connectivity index (χ1) is 9.56. The van der Waals surface area contributed by atoms with Gasteiger partial charge in [0.15, 0.2) is 0 Å². The second-order valence-corrected chi connectivity index (χ2v) is 5.80. The average molecular weight is 315 g/mol. The Morgan fingerprint density at radius 1 is 1.15 bits per heavy atom. The third-order valence-corrected chi connectivity index (χ3v) is 4.29. The van der Waals surface area contributed by atoms with Crippen LogP contribution in [0.15, 0.2) is 47.4 Å². The molecule has 0 aliphatic rings. The van der Waals surface area contributed by atoms with Gasteiger partial charge in [0, 0.05) is 22.1 Å². The maximum Gasteiger partial charge on any atom is 0.136 e. The van der Waals surface area contributed by atoms with Crippen molar-refractivity contribution in [3.8, 4) is 0 Å². The summed E-state index contributed by atoms with van der Waals surface area (Å²) in [5.74, 6) is -0.389. The number of hydrogen-bond donors (Lipinski definition) is 1. The molecular weight excluding hydrogens is 302 g/mol. The van der Waals surface area contributed by atoms with E-state index in [2.05, 4.69) is 0 Å². The Balaban J connectivity index is 1.94. The molecule has 0 fully saturated rings. The first-order valence-corrected chi connectivity index (χ1v) is 7.42. The van der Waals surface area contributed by atoms with Crippen LogP contribution < -0.4 is 0 Å². The van der Waals surface area contributed by atoms with E-state index in [1.807, 2.05) is 0 Å². The van der Waals surface area contributed by atoms with Gasteiger partial charge >= 0.3 is 0 Å². The normalized spacial score (nSPS) is 12.4. The van der Waals surface area contributed by atoms with Crippen LogP contribution >= 0.6 is 23.4 Å². The van der Waals surface area contributed by atoms with Crippen molar-refractivity contribution in [2.45, 2.75) is 17.4 Å². The highest BCUT2D eigenvalue weighted by atomic mass is 35.5. The number of aliphatic hydroxyl groups excluding tert-OH is 1. The van der Waals surface area contributed by atoms with Crippen LogP contribution in [-0.4, -0.2) is 17.0 Å². The molecule has 0 aliphatic heterocycles. The highest BCUT2D eigenvalue weighted by Crippen LogP contribution is 2.24. The standard InChI is InChI=1S/C15H13ClF2OS/c16-13-6-5-11(17)7-10(13)8-12(19)9-20-15-4-2-1-3-14(15)18/h1-7,12,19H,8-9H2. The van der Waals surface area contributed by atoms with Gasteiger partial charge in [-0.15, -0.1) is 11.8 Å². The van der Waals surface area contributed by atoms with Crippen LogP contribution in [-0.2, 0) is 6.42 Å². The van der Waals surface area contributed by atoms with Crippen LogP contribution in [0.1, 0.15) is 5.56 Å². The molecule has 2 aromatic carbocycles. The smallest absolute Gasteiger partial charge is 0.136 e. The second kappa shape index (κ2) is 7.07. The molecule has 0 aliphatic carbocycles. The van der Waals surface area contributed by atoms with E-state index >= 15 is 0 Å². The Labute approximate surface area is 125 Å². The summed E-state index contributed by atoms with van der Waals surface area (Å²) in [6.45, 7) is 0. The molecule has 1 unspecified atom stereocenters. The summed E-state index contributed by atoms with van der Waals surface area (Å²) in [6, 6.07) is 10.4. The Bertz CT molecular complexity index is 592. The predicted molar refractivity (Wildman–Crippen MR) is 78.2 cm³/mol. The van der Waals surface area contributed by atoms with E-state index in [0.29, 0.717) is 21.2 Å². The number of benzene rings is 2. The molecule has 106 valence electrons. The van der Waals surface area contributed by atoms with Crippen molar-refractivity contribution >= 4 is 23.4 Å². The summed E-state index contributed by atoms with van der Waals surface area (Å²) in [4.78, 5) is 0.483. The molecule has 5 heteroatoms. The fourth-order valence-electron chi connectivity index (χ4n) is 1.76. The molecule has 0 spiro atoms. The van der Waals surface area contributed by atoms with Crippen molar-refractivity contribution in [1.29, 1.82) is 0 Å². The van der Waals surface area contributed by atoms with Gasteiger partial charge < -0.3 is 5.11 Å². The van der Waals surface area contributed by atoms with E-state index in [-0.39, 0.29) is 12.2 Å². The van der Waals surface area contributed by atoms with Gasteiger partial charge in [-0.1, -0.05) is 23.7 Å². The summed E-state index contributed by atoms with van der Waals surface area (Å²) in [5, 5.41) is 10.4. The molecule has 0 saturated carbocycles. The van der Waals surface area contributed by atoms with Crippen molar-refractivity contribution in [2.24, 2.45) is 0 Å². The predicted octanol–water partition coefficient (Wildman–Crippen LogP) is 4.31. The minimum atomic E-state index is -0.723. The van der Waals surface area contributed by atoms with Crippen LogP contribution in [0, 0.1) is 11.6 Å². The van der Waals surface area contributed by atoms with Gasteiger partial charge in [0.05, 0.1) is 6.10 Å². The SMILES string of the molecule is OC(CSc1ccccc1F)Cc1cc(F)ccc1Cl. The van der Waals surface area contributed by atoms with Gasteiger partial charge in [-0.25, -0.2) is 8.78 Å². The van der Waals surface area contributed by atoms with Crippen LogP contribution in [0.4, 0.5) is 8.78 Å². The lowest BCUT2D eigenvalue weighted by atomic mass is 10.1. The topological polar surface area (TPSA) is 20.2 Å². The van der Waals surface area contributed by atoms with Crippen LogP contribution in [0.25, 0.3) is 0 Å². The molecule has 1 nitrogen and oxygen atoms in total. The summed E-state index contributed by atoms with van der Waals surface area (Å²) in [5.41, 5.74) is 0.549. The number of halogens is 3. The monoisotopic (exact) mass is 314 g/mol. The molecule has 0 saturated heterocycles. The Morgan fingerprint density at radius 2 is 1.90 bits per heavy atom. The van der Waals surface area contributed by atoms with E-state index in [4.69, 9.17) is 11.6 Å². The Kier molecular flexibility index (Phi) is 5.40. The highest BCUT2D eigenvalue weighted by Gasteiger charge is 2.11. The quantitative estimate of drug-likeness (QED) is 0.830. The summed E-state index contributed by atoms with van der Waals surface area (Å²) >= 11 is 7.16. The summed E-state index contributed by atoms with van der Waals surface area (Å²) in [7, 11) is 0. The average Bonchev–Trinajstić information content (AvgIpc) is 2.42. The van der Waals surface area contributed by atoms with E-state index in [1.54, 1.807) is 18.2 Å². The van der Waals surface area contributed by atoms with Gasteiger partial charge in [-0.2, -0.15) is 0 Å². The number of rotatable bonds is 5. The van der Waals surface area contributed by atoms with E-state index in [9.17, 15) is 13.9 Å². The fraction of sp³-hybridized carbons (Fsp3) is 0.200. The molecule has 0 aromatic heterocycles. The van der Waals surface area contributed by atoms with Crippen molar-refractivity contribution in [2.75, 3.05) is 5.75 Å². The maximum atomic E-state index is 13.4. The third-order valence-electron chi connectivity index (χ3n) is 2.73. The summed E-state index contributed by atoms with van der Waals surface area (Å²) in [6.07, 6.45) is -0.489. The maximum absolute atomic E-state index is 13.4. The van der Waals surface area contributed by atoms with Crippen molar-refractivity contribution in [3.63, 3.8) is 0 Å². The van der Waals surface area contributed by atoms with Gasteiger partial charge in [-0.05, 0) is 35.9 Å². The van der Waals surface area contributed by atoms with E-state index in [1.165, 1.54) is 36.0 Å². The zero-order valence-electron chi connectivity index (χ0n) is 10.5. The third kappa shape index (κ3) is 4.20. The number of hydrogen-bond acceptors (Lipinski definition) is 2. The van der Waals surface area contributed by atoms with Crippen molar-refractivity contribution in [1.82, 2.24) is 0 Å². The van der Waals surface area contributed by atoms with Crippen molar-refractivity contribution in [3.05, 3.63) is 64.7 Å². The fourth-order valence-corrected chi connectivity index (χ4v) is 2.83. The summed E-state index contributed by atoms with van der Waals surface area (Å²) < 4.78 is 26.5. The van der Waals surface area contributed by atoms with Crippen molar-refractivity contribution < 1.29 is 13.9 Å². The van der Waals surface area contributed by atoms with E-state index < -0.39 is 11.9 Å². The second-order valence-electron chi connectivity index (χ2n) is 4.34. The lowest BCUT2D eigenvalue weighted by Gasteiger charge is -2.12. The zero-order chi connectivity index (χ0) is 14.5. The lowest BCUT2D eigenvalue weighted by Crippen LogP contribution is -2.14. The van der Waals surface area contributed by atoms with Crippen LogP contribution in [0.3, 0.4) is 0 Å². The lowest BCUT2D eigenvalue weighted by molar-refractivity contribution is 0.200. The van der Waals surface area contributed by atoms with Gasteiger partial charge in [-0.3, -0.25) is 0 Å². The minimum absolute atomic E-state index is 0.234. The largest absolute Gasteiger partial charge is 0.392 e. The molecule has 1 atom stereocenters. The number of thioether (sulfide) groups is 1. The first-order valence-electron chi connectivity index (χ1n) is 6.05. The Hall–Kier alpha value is -1.10. The number of aliphatic hydroxyl groups is 1. The molecule has 1 N–H and O–H groups in total.